The van der Waals surface area contributed by atoms with Crippen molar-refractivity contribution in [2.75, 3.05) is 12.3 Å². The Balaban J connectivity index is 2.57. The van der Waals surface area contributed by atoms with Crippen LogP contribution in [0.2, 0.25) is 0 Å². The number of carboxylic acids is 2. The molecule has 0 aliphatic rings. The van der Waals surface area contributed by atoms with Gasteiger partial charge < -0.3 is 26.6 Å². The number of thioether (sulfide) groups is 1. The second-order valence-corrected chi connectivity index (χ2v) is 7.07. The van der Waals surface area contributed by atoms with E-state index in [1.54, 1.807) is 0 Å². The maximum absolute atomic E-state index is 12.3. The van der Waals surface area contributed by atoms with Gasteiger partial charge in [0.1, 0.15) is 12.1 Å². The number of rotatable bonds is 13. The molecule has 0 aromatic heterocycles. The van der Waals surface area contributed by atoms with Crippen LogP contribution in [0.25, 0.3) is 0 Å². The number of carbonyl (C=O) groups is 4. The third-order valence-corrected chi connectivity index (χ3v) is 4.79. The maximum Gasteiger partial charge on any atom is 0.320 e. The molecule has 0 saturated heterocycles. The minimum Gasteiger partial charge on any atom is -0.481 e. The molecule has 0 saturated carbocycles. The molecule has 0 heterocycles. The van der Waals surface area contributed by atoms with E-state index in [2.05, 4.69) is 10.6 Å². The summed E-state index contributed by atoms with van der Waals surface area (Å²) in [4.78, 5) is 45.7. The molecule has 0 unspecified atom stereocenters. The molecule has 154 valence electrons. The van der Waals surface area contributed by atoms with Crippen molar-refractivity contribution in [2.24, 2.45) is 5.73 Å². The number of aliphatic carboxylic acids is 2. The standard InChI is InChI=1S/C18H25N3O6S/c19-13(18(26)27)6-7-15(22)21-14(17(25)20-9-8-16(23)24)11-28-10-12-4-2-1-3-5-12/h1-5,13-14H,6-11,19H2,(H,20,25)(H,21,22)(H,23,24)(H,26,27)/t13-,14-/m0/s1. The van der Waals surface area contributed by atoms with E-state index in [-0.39, 0.29) is 31.6 Å². The lowest BCUT2D eigenvalue weighted by Gasteiger charge is -2.18. The summed E-state index contributed by atoms with van der Waals surface area (Å²) in [6.45, 7) is -0.0478. The molecule has 1 aromatic carbocycles. The fraction of sp³-hybridized carbons (Fsp3) is 0.444. The van der Waals surface area contributed by atoms with Crippen molar-refractivity contribution in [1.82, 2.24) is 10.6 Å². The van der Waals surface area contributed by atoms with Crippen LogP contribution >= 0.6 is 11.8 Å². The number of benzene rings is 1. The van der Waals surface area contributed by atoms with Gasteiger partial charge in [-0.15, -0.1) is 0 Å². The Labute approximate surface area is 167 Å². The highest BCUT2D eigenvalue weighted by atomic mass is 32.2. The van der Waals surface area contributed by atoms with Crippen molar-refractivity contribution < 1.29 is 29.4 Å². The molecule has 0 aliphatic carbocycles. The Bertz CT molecular complexity index is 671. The van der Waals surface area contributed by atoms with Gasteiger partial charge in [-0.25, -0.2) is 0 Å². The molecule has 10 heteroatoms. The second kappa shape index (κ2) is 12.7. The van der Waals surface area contributed by atoms with E-state index in [9.17, 15) is 19.2 Å². The Morgan fingerprint density at radius 3 is 2.36 bits per heavy atom. The summed E-state index contributed by atoms with van der Waals surface area (Å²) in [5.74, 6) is -2.30. The van der Waals surface area contributed by atoms with E-state index in [0.717, 1.165) is 5.56 Å². The zero-order valence-electron chi connectivity index (χ0n) is 15.3. The summed E-state index contributed by atoms with van der Waals surface area (Å²) in [6.07, 6.45) is -0.404. The molecule has 0 bridgehead atoms. The summed E-state index contributed by atoms with van der Waals surface area (Å²) < 4.78 is 0. The molecular weight excluding hydrogens is 386 g/mol. The van der Waals surface area contributed by atoms with Crippen LogP contribution in [0.15, 0.2) is 30.3 Å². The molecule has 9 nitrogen and oxygen atoms in total. The smallest absolute Gasteiger partial charge is 0.320 e. The third-order valence-electron chi connectivity index (χ3n) is 3.69. The van der Waals surface area contributed by atoms with Gasteiger partial charge >= 0.3 is 11.9 Å². The Morgan fingerprint density at radius 2 is 1.75 bits per heavy atom. The number of hydrogen-bond donors (Lipinski definition) is 5. The Kier molecular flexibility index (Phi) is 10.7. The van der Waals surface area contributed by atoms with Gasteiger partial charge in [-0.1, -0.05) is 30.3 Å². The van der Waals surface area contributed by atoms with Crippen LogP contribution < -0.4 is 16.4 Å². The van der Waals surface area contributed by atoms with Gasteiger partial charge in [0, 0.05) is 24.5 Å². The number of amides is 2. The molecular formula is C18H25N3O6S. The molecule has 1 aromatic rings. The fourth-order valence-corrected chi connectivity index (χ4v) is 3.16. The average molecular weight is 411 g/mol. The molecule has 6 N–H and O–H groups in total. The lowest BCUT2D eigenvalue weighted by Crippen LogP contribution is -2.49. The largest absolute Gasteiger partial charge is 0.481 e. The average Bonchev–Trinajstić information content (AvgIpc) is 2.65. The fourth-order valence-electron chi connectivity index (χ4n) is 2.14. The quantitative estimate of drug-likeness (QED) is 0.307. The summed E-state index contributed by atoms with van der Waals surface area (Å²) in [7, 11) is 0. The van der Waals surface area contributed by atoms with Gasteiger partial charge in [0.15, 0.2) is 0 Å². The summed E-state index contributed by atoms with van der Waals surface area (Å²) in [6, 6.07) is 7.58. The Morgan fingerprint density at radius 1 is 1.07 bits per heavy atom. The summed E-state index contributed by atoms with van der Waals surface area (Å²) in [5, 5.41) is 22.5. The normalized spacial score (nSPS) is 12.6. The summed E-state index contributed by atoms with van der Waals surface area (Å²) >= 11 is 1.44. The predicted molar refractivity (Wildman–Crippen MR) is 105 cm³/mol. The van der Waals surface area contributed by atoms with Gasteiger partial charge in [-0.3, -0.25) is 19.2 Å². The highest BCUT2D eigenvalue weighted by molar-refractivity contribution is 7.98. The van der Waals surface area contributed by atoms with E-state index < -0.39 is 35.8 Å². The van der Waals surface area contributed by atoms with Crippen LogP contribution in [-0.2, 0) is 24.9 Å². The van der Waals surface area contributed by atoms with E-state index in [1.807, 2.05) is 30.3 Å². The van der Waals surface area contributed by atoms with Crippen molar-refractivity contribution in [2.45, 2.75) is 37.1 Å². The van der Waals surface area contributed by atoms with E-state index in [4.69, 9.17) is 15.9 Å². The first-order valence-corrected chi connectivity index (χ1v) is 9.84. The Hall–Kier alpha value is -2.59. The lowest BCUT2D eigenvalue weighted by atomic mass is 10.1. The molecule has 0 radical (unpaired) electrons. The number of nitrogens with one attached hydrogen (secondary N) is 2. The highest BCUT2D eigenvalue weighted by Gasteiger charge is 2.22. The van der Waals surface area contributed by atoms with Crippen LogP contribution in [0.4, 0.5) is 0 Å². The first-order valence-electron chi connectivity index (χ1n) is 8.68. The number of hydrogen-bond acceptors (Lipinski definition) is 6. The van der Waals surface area contributed by atoms with Crippen LogP contribution in [-0.4, -0.2) is 58.3 Å². The van der Waals surface area contributed by atoms with Gasteiger partial charge in [-0.05, 0) is 12.0 Å². The van der Waals surface area contributed by atoms with Crippen molar-refractivity contribution in [3.8, 4) is 0 Å². The minimum atomic E-state index is -1.20. The molecule has 0 fully saturated rings. The van der Waals surface area contributed by atoms with E-state index >= 15 is 0 Å². The summed E-state index contributed by atoms with van der Waals surface area (Å²) in [5.41, 5.74) is 6.44. The van der Waals surface area contributed by atoms with Crippen molar-refractivity contribution in [3.63, 3.8) is 0 Å². The van der Waals surface area contributed by atoms with Gasteiger partial charge in [-0.2, -0.15) is 11.8 Å². The highest BCUT2D eigenvalue weighted by Crippen LogP contribution is 2.13. The van der Waals surface area contributed by atoms with E-state index in [0.29, 0.717) is 5.75 Å². The molecule has 2 amide bonds. The first-order chi connectivity index (χ1) is 13.3. The number of nitrogens with two attached hydrogens (primary N) is 1. The SMILES string of the molecule is N[C@@H](CCC(=O)N[C@@H](CSCc1ccccc1)C(=O)NCCC(=O)O)C(=O)O. The lowest BCUT2D eigenvalue weighted by molar-refractivity contribution is -0.139. The predicted octanol–water partition coefficient (Wildman–Crippen LogP) is 0.188. The molecule has 0 spiro atoms. The second-order valence-electron chi connectivity index (χ2n) is 6.04. The minimum absolute atomic E-state index is 0.0478. The third kappa shape index (κ3) is 9.93. The van der Waals surface area contributed by atoms with Crippen LogP contribution in [0.3, 0.4) is 0 Å². The van der Waals surface area contributed by atoms with Crippen LogP contribution in [0.5, 0.6) is 0 Å². The van der Waals surface area contributed by atoms with E-state index in [1.165, 1.54) is 11.8 Å². The maximum atomic E-state index is 12.3. The van der Waals surface area contributed by atoms with Gasteiger partial charge in [0.2, 0.25) is 11.8 Å². The first kappa shape index (κ1) is 23.4. The van der Waals surface area contributed by atoms with Crippen LogP contribution in [0, 0.1) is 0 Å². The van der Waals surface area contributed by atoms with Crippen molar-refractivity contribution >= 4 is 35.5 Å². The molecule has 1 rings (SSSR count). The van der Waals surface area contributed by atoms with Crippen molar-refractivity contribution in [3.05, 3.63) is 35.9 Å². The number of carboxylic acid groups (broad SMARTS) is 2. The zero-order valence-corrected chi connectivity index (χ0v) is 16.1. The molecule has 28 heavy (non-hydrogen) atoms. The zero-order chi connectivity index (χ0) is 20.9. The van der Waals surface area contributed by atoms with Gasteiger partial charge in [0.25, 0.3) is 0 Å². The monoisotopic (exact) mass is 411 g/mol. The van der Waals surface area contributed by atoms with Crippen molar-refractivity contribution in [1.29, 1.82) is 0 Å². The van der Waals surface area contributed by atoms with Crippen LogP contribution in [0.1, 0.15) is 24.8 Å². The molecule has 0 aliphatic heterocycles. The molecule has 2 atom stereocenters. The van der Waals surface area contributed by atoms with Gasteiger partial charge in [0.05, 0.1) is 6.42 Å². The number of carbonyl (C=O) groups excluding carboxylic acids is 2. The topological polar surface area (TPSA) is 159 Å².